The molecular formula is C16H27FN2. The van der Waals surface area contributed by atoms with Gasteiger partial charge in [0.2, 0.25) is 0 Å². The highest BCUT2D eigenvalue weighted by Gasteiger charge is 2.13. The van der Waals surface area contributed by atoms with E-state index in [0.29, 0.717) is 6.04 Å². The molecule has 0 radical (unpaired) electrons. The Balaban J connectivity index is 2.45. The summed E-state index contributed by atoms with van der Waals surface area (Å²) in [7, 11) is 0. The van der Waals surface area contributed by atoms with E-state index in [0.717, 1.165) is 18.0 Å². The Morgan fingerprint density at radius 2 is 1.95 bits per heavy atom. The van der Waals surface area contributed by atoms with Crippen LogP contribution >= 0.6 is 0 Å². The second-order valence-electron chi connectivity index (χ2n) is 5.75. The van der Waals surface area contributed by atoms with E-state index in [1.54, 1.807) is 6.07 Å². The highest BCUT2D eigenvalue weighted by molar-refractivity contribution is 5.09. The van der Waals surface area contributed by atoms with Crippen LogP contribution in [-0.4, -0.2) is 11.0 Å². The molecule has 0 bridgehead atoms. The van der Waals surface area contributed by atoms with Crippen molar-refractivity contribution in [1.82, 2.24) is 10.3 Å². The lowest BCUT2D eigenvalue weighted by Gasteiger charge is -2.22. The van der Waals surface area contributed by atoms with E-state index in [4.69, 9.17) is 0 Å². The summed E-state index contributed by atoms with van der Waals surface area (Å²) in [5.74, 6) is 0.497. The van der Waals surface area contributed by atoms with Gasteiger partial charge in [0.05, 0.1) is 11.9 Å². The van der Waals surface area contributed by atoms with Gasteiger partial charge < -0.3 is 5.32 Å². The zero-order valence-electron chi connectivity index (χ0n) is 12.6. The fourth-order valence-corrected chi connectivity index (χ4v) is 2.26. The van der Waals surface area contributed by atoms with E-state index in [-0.39, 0.29) is 11.9 Å². The molecule has 2 atom stereocenters. The summed E-state index contributed by atoms with van der Waals surface area (Å²) in [5.41, 5.74) is 0.930. The molecule has 1 N–H and O–H groups in total. The number of hydrogen-bond acceptors (Lipinski definition) is 2. The minimum absolute atomic E-state index is 0.217. The van der Waals surface area contributed by atoms with Crippen LogP contribution in [0.5, 0.6) is 0 Å². The van der Waals surface area contributed by atoms with Gasteiger partial charge in [0.25, 0.3) is 0 Å². The van der Waals surface area contributed by atoms with E-state index < -0.39 is 0 Å². The molecule has 1 aromatic rings. The van der Waals surface area contributed by atoms with Crippen LogP contribution in [0, 0.1) is 11.7 Å². The third-order valence-corrected chi connectivity index (χ3v) is 3.42. The SMILES string of the molecule is CCC(NC(C)CCCC(C)C)c1ccc(F)cn1. The van der Waals surface area contributed by atoms with Crippen LogP contribution in [0.3, 0.4) is 0 Å². The molecule has 108 valence electrons. The molecule has 3 heteroatoms. The third-order valence-electron chi connectivity index (χ3n) is 3.42. The first kappa shape index (κ1) is 16.1. The van der Waals surface area contributed by atoms with Crippen molar-refractivity contribution in [2.45, 2.75) is 65.5 Å². The molecule has 2 unspecified atom stereocenters. The van der Waals surface area contributed by atoms with Gasteiger partial charge in [-0.25, -0.2) is 4.39 Å². The minimum atomic E-state index is -0.274. The third kappa shape index (κ3) is 6.15. The molecular weight excluding hydrogens is 239 g/mol. The van der Waals surface area contributed by atoms with Crippen LogP contribution in [0.4, 0.5) is 4.39 Å². The fourth-order valence-electron chi connectivity index (χ4n) is 2.26. The summed E-state index contributed by atoms with van der Waals surface area (Å²) in [6.45, 7) is 8.86. The van der Waals surface area contributed by atoms with Crippen LogP contribution in [0.1, 0.15) is 65.1 Å². The summed E-state index contributed by atoms with van der Waals surface area (Å²) in [6, 6.07) is 3.94. The van der Waals surface area contributed by atoms with Crippen LogP contribution in [-0.2, 0) is 0 Å². The molecule has 0 amide bonds. The Hall–Kier alpha value is -0.960. The molecule has 19 heavy (non-hydrogen) atoms. The number of pyridine rings is 1. The van der Waals surface area contributed by atoms with Gasteiger partial charge in [-0.15, -0.1) is 0 Å². The maximum atomic E-state index is 12.9. The normalized spacial score (nSPS) is 14.6. The monoisotopic (exact) mass is 266 g/mol. The smallest absolute Gasteiger partial charge is 0.141 e. The average molecular weight is 266 g/mol. The van der Waals surface area contributed by atoms with Gasteiger partial charge in [-0.1, -0.05) is 33.6 Å². The quantitative estimate of drug-likeness (QED) is 0.750. The first-order chi connectivity index (χ1) is 9.02. The standard InChI is InChI=1S/C16H27FN2/c1-5-15(16-10-9-14(17)11-18-16)19-13(4)8-6-7-12(2)3/h9-13,15,19H,5-8H2,1-4H3. The first-order valence-corrected chi connectivity index (χ1v) is 7.40. The van der Waals surface area contributed by atoms with Gasteiger partial charge in [0.15, 0.2) is 0 Å². The number of aromatic nitrogens is 1. The van der Waals surface area contributed by atoms with Crippen molar-refractivity contribution >= 4 is 0 Å². The lowest BCUT2D eigenvalue weighted by molar-refractivity contribution is 0.398. The molecule has 0 aliphatic carbocycles. The Kier molecular flexibility index (Phi) is 7.00. The van der Waals surface area contributed by atoms with Gasteiger partial charge in [-0.05, 0) is 37.8 Å². The van der Waals surface area contributed by atoms with Crippen molar-refractivity contribution < 1.29 is 4.39 Å². The molecule has 0 spiro atoms. The van der Waals surface area contributed by atoms with Gasteiger partial charge >= 0.3 is 0 Å². The summed E-state index contributed by atoms with van der Waals surface area (Å²) >= 11 is 0. The summed E-state index contributed by atoms with van der Waals surface area (Å²) in [4.78, 5) is 4.17. The zero-order valence-corrected chi connectivity index (χ0v) is 12.6. The number of nitrogens with zero attached hydrogens (tertiary/aromatic N) is 1. The van der Waals surface area contributed by atoms with Crippen LogP contribution in [0.2, 0.25) is 0 Å². The Bertz CT molecular complexity index is 348. The van der Waals surface area contributed by atoms with Crippen molar-refractivity contribution in [2.75, 3.05) is 0 Å². The molecule has 1 heterocycles. The van der Waals surface area contributed by atoms with Crippen molar-refractivity contribution in [3.05, 3.63) is 29.8 Å². The van der Waals surface area contributed by atoms with E-state index in [9.17, 15) is 4.39 Å². The zero-order chi connectivity index (χ0) is 14.3. The van der Waals surface area contributed by atoms with Crippen LogP contribution in [0.25, 0.3) is 0 Å². The Morgan fingerprint density at radius 1 is 1.21 bits per heavy atom. The predicted octanol–water partition coefficient (Wildman–Crippen LogP) is 4.48. The summed E-state index contributed by atoms with van der Waals surface area (Å²) in [5, 5.41) is 3.59. The summed E-state index contributed by atoms with van der Waals surface area (Å²) in [6.07, 6.45) is 5.96. The van der Waals surface area contributed by atoms with Gasteiger partial charge in [0, 0.05) is 12.1 Å². The van der Waals surface area contributed by atoms with Crippen LogP contribution < -0.4 is 5.32 Å². The summed E-state index contributed by atoms with van der Waals surface area (Å²) < 4.78 is 12.9. The van der Waals surface area contributed by atoms with Crippen molar-refractivity contribution in [3.63, 3.8) is 0 Å². The predicted molar refractivity (Wildman–Crippen MR) is 78.5 cm³/mol. The minimum Gasteiger partial charge on any atom is -0.306 e. The molecule has 0 aliphatic heterocycles. The molecule has 0 aliphatic rings. The lowest BCUT2D eigenvalue weighted by atomic mass is 10.0. The molecule has 1 aromatic heterocycles. The maximum absolute atomic E-state index is 12.9. The van der Waals surface area contributed by atoms with Crippen LogP contribution in [0.15, 0.2) is 18.3 Å². The molecule has 0 saturated carbocycles. The topological polar surface area (TPSA) is 24.9 Å². The van der Waals surface area contributed by atoms with Gasteiger partial charge in [-0.3, -0.25) is 4.98 Å². The fraction of sp³-hybridized carbons (Fsp3) is 0.688. The maximum Gasteiger partial charge on any atom is 0.141 e. The second kappa shape index (κ2) is 8.26. The Morgan fingerprint density at radius 3 is 2.47 bits per heavy atom. The number of nitrogens with one attached hydrogen (secondary N) is 1. The molecule has 0 aromatic carbocycles. The van der Waals surface area contributed by atoms with Gasteiger partial charge in [0.1, 0.15) is 5.82 Å². The molecule has 2 nitrogen and oxygen atoms in total. The van der Waals surface area contributed by atoms with E-state index in [2.05, 4.69) is 38.0 Å². The molecule has 0 saturated heterocycles. The Labute approximate surface area is 116 Å². The number of halogens is 1. The van der Waals surface area contributed by atoms with E-state index in [1.165, 1.54) is 31.5 Å². The highest BCUT2D eigenvalue weighted by atomic mass is 19.1. The highest BCUT2D eigenvalue weighted by Crippen LogP contribution is 2.17. The van der Waals surface area contributed by atoms with E-state index in [1.807, 2.05) is 0 Å². The largest absolute Gasteiger partial charge is 0.306 e. The number of rotatable bonds is 8. The second-order valence-corrected chi connectivity index (χ2v) is 5.75. The molecule has 0 fully saturated rings. The first-order valence-electron chi connectivity index (χ1n) is 7.40. The molecule has 1 rings (SSSR count). The van der Waals surface area contributed by atoms with Crippen molar-refractivity contribution in [2.24, 2.45) is 5.92 Å². The van der Waals surface area contributed by atoms with Gasteiger partial charge in [-0.2, -0.15) is 0 Å². The average Bonchev–Trinajstić information content (AvgIpc) is 2.36. The number of hydrogen-bond donors (Lipinski definition) is 1. The van der Waals surface area contributed by atoms with Crippen molar-refractivity contribution in [1.29, 1.82) is 0 Å². The lowest BCUT2D eigenvalue weighted by Crippen LogP contribution is -2.30. The van der Waals surface area contributed by atoms with E-state index >= 15 is 0 Å². The van der Waals surface area contributed by atoms with Crippen molar-refractivity contribution in [3.8, 4) is 0 Å².